The maximum Gasteiger partial charge on any atom is 0.232 e. The number of benzene rings is 2. The van der Waals surface area contributed by atoms with Crippen molar-refractivity contribution >= 4 is 22.6 Å². The molecule has 0 radical (unpaired) electrons. The van der Waals surface area contributed by atoms with Crippen molar-refractivity contribution < 1.29 is 4.79 Å². The van der Waals surface area contributed by atoms with Crippen LogP contribution in [0, 0.1) is 0 Å². The Morgan fingerprint density at radius 2 is 1.81 bits per heavy atom. The Hall–Kier alpha value is -2.66. The number of nitrogens with zero attached hydrogens (tertiary/aromatic N) is 4. The summed E-state index contributed by atoms with van der Waals surface area (Å²) in [5.41, 5.74) is 4.26. The van der Waals surface area contributed by atoms with Crippen LogP contribution in [0.25, 0.3) is 11.0 Å². The fraction of sp³-hybridized carbons (Fsp3) is 0.364. The molecule has 5 heteroatoms. The van der Waals surface area contributed by atoms with E-state index in [1.54, 1.807) is 10.9 Å². The second kappa shape index (κ2) is 7.92. The van der Waals surface area contributed by atoms with Gasteiger partial charge in [0.2, 0.25) is 5.91 Å². The normalized spacial score (nSPS) is 15.4. The summed E-state index contributed by atoms with van der Waals surface area (Å²) in [6.45, 7) is 4.21. The molecule has 140 valence electrons. The van der Waals surface area contributed by atoms with Gasteiger partial charge in [-0.05, 0) is 43.7 Å². The zero-order valence-corrected chi connectivity index (χ0v) is 15.8. The molecule has 0 bridgehead atoms. The molecule has 5 nitrogen and oxygen atoms in total. The van der Waals surface area contributed by atoms with Crippen molar-refractivity contribution in [1.82, 2.24) is 14.5 Å². The summed E-state index contributed by atoms with van der Waals surface area (Å²) < 4.78 is 1.70. The lowest BCUT2D eigenvalue weighted by Gasteiger charge is -2.34. The highest BCUT2D eigenvalue weighted by Crippen LogP contribution is 2.23. The molecule has 0 atom stereocenters. The van der Waals surface area contributed by atoms with E-state index in [9.17, 15) is 4.79 Å². The number of aromatic nitrogens is 2. The van der Waals surface area contributed by atoms with Gasteiger partial charge >= 0.3 is 0 Å². The number of fused-ring (bicyclic) bond motifs is 1. The molecule has 1 aliphatic rings. The number of carbonyl (C=O) groups is 1. The number of likely N-dealkylation sites (N-methyl/N-ethyl adjacent to an activating group) is 1. The standard InChI is InChI=1S/C22H26N4O/c1-24-12-14-25(15-13-24)19-10-11-21-20(16-19)23-17-26(21)22(27)9-5-8-18-6-3-2-4-7-18/h2-4,6-7,10-11,16-17H,5,8-9,12-15H2,1H3. The van der Waals surface area contributed by atoms with Gasteiger partial charge in [0, 0.05) is 38.3 Å². The van der Waals surface area contributed by atoms with Gasteiger partial charge in [-0.3, -0.25) is 9.36 Å². The van der Waals surface area contributed by atoms with Gasteiger partial charge in [-0.1, -0.05) is 30.3 Å². The Labute approximate surface area is 160 Å². The maximum atomic E-state index is 12.6. The highest BCUT2D eigenvalue weighted by atomic mass is 16.2. The molecule has 0 spiro atoms. The van der Waals surface area contributed by atoms with E-state index in [0.29, 0.717) is 6.42 Å². The smallest absolute Gasteiger partial charge is 0.232 e. The monoisotopic (exact) mass is 362 g/mol. The molecule has 0 unspecified atom stereocenters. The third-order valence-electron chi connectivity index (χ3n) is 5.37. The van der Waals surface area contributed by atoms with Gasteiger partial charge in [0.15, 0.2) is 0 Å². The fourth-order valence-corrected chi connectivity index (χ4v) is 3.67. The molecule has 2 aromatic carbocycles. The summed E-state index contributed by atoms with van der Waals surface area (Å²) in [4.78, 5) is 21.9. The topological polar surface area (TPSA) is 41.4 Å². The highest BCUT2D eigenvalue weighted by molar-refractivity contribution is 5.91. The van der Waals surface area contributed by atoms with E-state index in [-0.39, 0.29) is 5.91 Å². The van der Waals surface area contributed by atoms with Crippen LogP contribution in [0.1, 0.15) is 23.2 Å². The zero-order chi connectivity index (χ0) is 18.6. The number of anilines is 1. The first kappa shape index (κ1) is 17.7. The molecule has 0 N–H and O–H groups in total. The van der Waals surface area contributed by atoms with Crippen molar-refractivity contribution in [2.75, 3.05) is 38.1 Å². The van der Waals surface area contributed by atoms with Gasteiger partial charge in [-0.15, -0.1) is 0 Å². The molecule has 27 heavy (non-hydrogen) atoms. The molecular formula is C22H26N4O. The van der Waals surface area contributed by atoms with Crippen LogP contribution >= 0.6 is 0 Å². The summed E-state index contributed by atoms with van der Waals surface area (Å²) in [6.07, 6.45) is 3.97. The van der Waals surface area contributed by atoms with E-state index in [0.717, 1.165) is 50.1 Å². The van der Waals surface area contributed by atoms with Crippen LogP contribution in [0.2, 0.25) is 0 Å². The maximum absolute atomic E-state index is 12.6. The lowest BCUT2D eigenvalue weighted by atomic mass is 10.1. The predicted octanol–water partition coefficient (Wildman–Crippen LogP) is 3.45. The van der Waals surface area contributed by atoms with E-state index in [1.165, 1.54) is 11.3 Å². The third-order valence-corrected chi connectivity index (χ3v) is 5.37. The van der Waals surface area contributed by atoms with Crippen LogP contribution in [0.4, 0.5) is 5.69 Å². The van der Waals surface area contributed by atoms with Crippen LogP contribution < -0.4 is 4.90 Å². The number of hydrogen-bond donors (Lipinski definition) is 0. The van der Waals surface area contributed by atoms with Gasteiger partial charge in [0.25, 0.3) is 0 Å². The van der Waals surface area contributed by atoms with E-state index in [2.05, 4.69) is 46.1 Å². The van der Waals surface area contributed by atoms with Crippen LogP contribution in [-0.4, -0.2) is 53.6 Å². The molecular weight excluding hydrogens is 336 g/mol. The molecule has 1 aromatic heterocycles. The van der Waals surface area contributed by atoms with Crippen molar-refractivity contribution in [3.05, 3.63) is 60.4 Å². The van der Waals surface area contributed by atoms with Gasteiger partial charge in [-0.25, -0.2) is 4.98 Å². The van der Waals surface area contributed by atoms with E-state index in [4.69, 9.17) is 0 Å². The highest BCUT2D eigenvalue weighted by Gasteiger charge is 2.16. The Morgan fingerprint density at radius 1 is 1.04 bits per heavy atom. The number of hydrogen-bond acceptors (Lipinski definition) is 4. The minimum atomic E-state index is 0.112. The zero-order valence-electron chi connectivity index (χ0n) is 15.8. The largest absolute Gasteiger partial charge is 0.369 e. The van der Waals surface area contributed by atoms with Gasteiger partial charge in [0.05, 0.1) is 11.0 Å². The molecule has 2 heterocycles. The Kier molecular flexibility index (Phi) is 5.21. The molecule has 1 fully saturated rings. The van der Waals surface area contributed by atoms with Crippen molar-refractivity contribution in [2.24, 2.45) is 0 Å². The molecule has 0 amide bonds. The van der Waals surface area contributed by atoms with Crippen LogP contribution in [0.15, 0.2) is 54.9 Å². The average Bonchev–Trinajstić information content (AvgIpc) is 3.12. The van der Waals surface area contributed by atoms with Crippen LogP contribution in [-0.2, 0) is 6.42 Å². The van der Waals surface area contributed by atoms with Crippen molar-refractivity contribution in [3.8, 4) is 0 Å². The summed E-state index contributed by atoms with van der Waals surface area (Å²) in [5.74, 6) is 0.112. The van der Waals surface area contributed by atoms with Crippen molar-refractivity contribution in [3.63, 3.8) is 0 Å². The molecule has 0 aliphatic carbocycles. The minimum absolute atomic E-state index is 0.112. The molecule has 3 aromatic rings. The number of rotatable bonds is 5. The number of aryl methyl sites for hydroxylation is 1. The second-order valence-corrected chi connectivity index (χ2v) is 7.31. The summed E-state index contributed by atoms with van der Waals surface area (Å²) in [5, 5.41) is 0. The molecule has 1 saturated heterocycles. The van der Waals surface area contributed by atoms with E-state index >= 15 is 0 Å². The quantitative estimate of drug-likeness (QED) is 0.697. The minimum Gasteiger partial charge on any atom is -0.369 e. The van der Waals surface area contributed by atoms with Crippen molar-refractivity contribution in [2.45, 2.75) is 19.3 Å². The van der Waals surface area contributed by atoms with Crippen molar-refractivity contribution in [1.29, 1.82) is 0 Å². The Bertz CT molecular complexity index is 910. The molecule has 4 rings (SSSR count). The lowest BCUT2D eigenvalue weighted by molar-refractivity contribution is 0.0905. The first-order valence-corrected chi connectivity index (χ1v) is 9.68. The Morgan fingerprint density at radius 3 is 2.59 bits per heavy atom. The summed E-state index contributed by atoms with van der Waals surface area (Å²) >= 11 is 0. The van der Waals surface area contributed by atoms with Gasteiger partial charge in [0.1, 0.15) is 6.33 Å². The fourth-order valence-electron chi connectivity index (χ4n) is 3.67. The first-order chi connectivity index (χ1) is 13.2. The van der Waals surface area contributed by atoms with E-state index in [1.807, 2.05) is 24.3 Å². The van der Waals surface area contributed by atoms with Gasteiger partial charge in [-0.2, -0.15) is 0 Å². The average molecular weight is 362 g/mol. The number of imidazole rings is 1. The second-order valence-electron chi connectivity index (χ2n) is 7.31. The summed E-state index contributed by atoms with van der Waals surface area (Å²) in [7, 11) is 2.16. The van der Waals surface area contributed by atoms with Crippen LogP contribution in [0.5, 0.6) is 0 Å². The first-order valence-electron chi connectivity index (χ1n) is 9.68. The molecule has 0 saturated carbocycles. The van der Waals surface area contributed by atoms with Gasteiger partial charge < -0.3 is 9.80 Å². The van der Waals surface area contributed by atoms with E-state index < -0.39 is 0 Å². The third kappa shape index (κ3) is 4.03. The number of piperazine rings is 1. The predicted molar refractivity (Wildman–Crippen MR) is 109 cm³/mol. The lowest BCUT2D eigenvalue weighted by Crippen LogP contribution is -2.44. The Balaban J connectivity index is 1.42. The van der Waals surface area contributed by atoms with Crippen LogP contribution in [0.3, 0.4) is 0 Å². The molecule has 1 aliphatic heterocycles. The SMILES string of the molecule is CN1CCN(c2ccc3c(c2)ncn3C(=O)CCCc2ccccc2)CC1. The number of carbonyl (C=O) groups excluding carboxylic acids is 1. The summed E-state index contributed by atoms with van der Waals surface area (Å²) in [6, 6.07) is 16.6.